The molecule has 0 bridgehead atoms. The second-order valence-electron chi connectivity index (χ2n) is 4.70. The molecule has 100 valence electrons. The van der Waals surface area contributed by atoms with Crippen LogP contribution in [-0.4, -0.2) is 35.7 Å². The first-order chi connectivity index (χ1) is 9.22. The van der Waals surface area contributed by atoms with Gasteiger partial charge in [-0.25, -0.2) is 14.6 Å². The van der Waals surface area contributed by atoms with E-state index in [-0.39, 0.29) is 0 Å². The highest BCUT2D eigenvalue weighted by Gasteiger charge is 2.30. The second kappa shape index (κ2) is 4.87. The summed E-state index contributed by atoms with van der Waals surface area (Å²) in [5.41, 5.74) is 0.334. The maximum atomic E-state index is 11.8. The molecule has 3 rings (SSSR count). The third-order valence-corrected chi connectivity index (χ3v) is 3.07. The fraction of sp³-hybridized carbons (Fsp3) is 0.462. The molecule has 0 unspecified atom stereocenters. The minimum Gasteiger partial charge on any atom is -0.463 e. The summed E-state index contributed by atoms with van der Waals surface area (Å²) in [5, 5.41) is 3.22. The molecule has 1 aliphatic carbocycles. The zero-order valence-electron chi connectivity index (χ0n) is 10.3. The lowest BCUT2D eigenvalue weighted by Gasteiger charge is -2.08. The van der Waals surface area contributed by atoms with Crippen molar-refractivity contribution in [2.75, 3.05) is 11.9 Å². The first-order valence-corrected chi connectivity index (χ1v) is 6.32. The van der Waals surface area contributed by atoms with Gasteiger partial charge in [-0.2, -0.15) is 0 Å². The van der Waals surface area contributed by atoms with Gasteiger partial charge in [0.2, 0.25) is 6.10 Å². The van der Waals surface area contributed by atoms with Crippen LogP contribution in [0.1, 0.15) is 29.6 Å². The van der Waals surface area contributed by atoms with Gasteiger partial charge in [-0.05, 0) is 25.0 Å². The van der Waals surface area contributed by atoms with Gasteiger partial charge >= 0.3 is 11.9 Å². The molecule has 0 spiro atoms. The van der Waals surface area contributed by atoms with E-state index >= 15 is 0 Å². The smallest absolute Gasteiger partial charge is 0.347 e. The summed E-state index contributed by atoms with van der Waals surface area (Å²) in [6, 6.07) is 3.89. The molecule has 6 nitrogen and oxygen atoms in total. The van der Waals surface area contributed by atoms with Gasteiger partial charge in [0.05, 0.1) is 12.2 Å². The van der Waals surface area contributed by atoms with Gasteiger partial charge in [-0.1, -0.05) is 0 Å². The lowest BCUT2D eigenvalue weighted by Crippen LogP contribution is -2.22. The Hall–Kier alpha value is -2.11. The highest BCUT2D eigenvalue weighted by atomic mass is 16.6. The highest BCUT2D eigenvalue weighted by molar-refractivity contribution is 5.91. The third kappa shape index (κ3) is 2.83. The SMILES string of the molecule is O=C(O[C@@H]1CCOC1=O)c1ccc(NC2CC2)nc1. The van der Waals surface area contributed by atoms with Crippen LogP contribution in [0.15, 0.2) is 18.3 Å². The Morgan fingerprint density at radius 3 is 2.79 bits per heavy atom. The number of esters is 2. The van der Waals surface area contributed by atoms with Crippen LogP contribution < -0.4 is 5.32 Å². The normalized spacial score (nSPS) is 21.9. The maximum Gasteiger partial charge on any atom is 0.347 e. The summed E-state index contributed by atoms with van der Waals surface area (Å²) >= 11 is 0. The average Bonchev–Trinajstić information content (AvgIpc) is 3.14. The zero-order chi connectivity index (χ0) is 13.2. The van der Waals surface area contributed by atoms with Crippen LogP contribution in [0.2, 0.25) is 0 Å². The highest BCUT2D eigenvalue weighted by Crippen LogP contribution is 2.23. The van der Waals surface area contributed by atoms with E-state index in [4.69, 9.17) is 9.47 Å². The lowest BCUT2D eigenvalue weighted by molar-refractivity contribution is -0.145. The van der Waals surface area contributed by atoms with Gasteiger partial charge < -0.3 is 14.8 Å². The van der Waals surface area contributed by atoms with Gasteiger partial charge in [0.15, 0.2) is 0 Å². The minimum absolute atomic E-state index is 0.305. The van der Waals surface area contributed by atoms with Crippen LogP contribution in [0.4, 0.5) is 5.82 Å². The van der Waals surface area contributed by atoms with Crippen molar-refractivity contribution in [3.05, 3.63) is 23.9 Å². The molecular formula is C13H14N2O4. The molecule has 1 atom stereocenters. The predicted molar refractivity (Wildman–Crippen MR) is 65.7 cm³/mol. The first-order valence-electron chi connectivity index (χ1n) is 6.32. The molecule has 1 aliphatic heterocycles. The van der Waals surface area contributed by atoms with Crippen molar-refractivity contribution in [3.8, 4) is 0 Å². The lowest BCUT2D eigenvalue weighted by atomic mass is 10.2. The summed E-state index contributed by atoms with van der Waals surface area (Å²) in [6.45, 7) is 0.305. The average molecular weight is 262 g/mol. The molecule has 2 heterocycles. The topological polar surface area (TPSA) is 77.5 Å². The Labute approximate surface area is 110 Å². The van der Waals surface area contributed by atoms with E-state index in [0.717, 1.165) is 18.7 Å². The first kappa shape index (κ1) is 12.0. The Kier molecular flexibility index (Phi) is 3.06. The Morgan fingerprint density at radius 2 is 2.21 bits per heavy atom. The van der Waals surface area contributed by atoms with Crippen molar-refractivity contribution in [3.63, 3.8) is 0 Å². The minimum atomic E-state index is -0.781. The largest absolute Gasteiger partial charge is 0.463 e. The van der Waals surface area contributed by atoms with E-state index in [1.54, 1.807) is 12.1 Å². The van der Waals surface area contributed by atoms with Crippen molar-refractivity contribution < 1.29 is 19.1 Å². The van der Waals surface area contributed by atoms with Crippen LogP contribution in [-0.2, 0) is 14.3 Å². The number of carbonyl (C=O) groups excluding carboxylic acids is 2. The quantitative estimate of drug-likeness (QED) is 0.819. The number of carbonyl (C=O) groups is 2. The van der Waals surface area contributed by atoms with Crippen molar-refractivity contribution in [2.45, 2.75) is 31.4 Å². The molecule has 1 aromatic heterocycles. The zero-order valence-corrected chi connectivity index (χ0v) is 10.3. The Morgan fingerprint density at radius 1 is 1.37 bits per heavy atom. The van der Waals surface area contributed by atoms with E-state index in [1.165, 1.54) is 6.20 Å². The fourth-order valence-electron chi connectivity index (χ4n) is 1.82. The van der Waals surface area contributed by atoms with Gasteiger partial charge in [0.25, 0.3) is 0 Å². The number of nitrogens with one attached hydrogen (secondary N) is 1. The molecule has 0 radical (unpaired) electrons. The number of pyridine rings is 1. The molecule has 1 aromatic rings. The number of ether oxygens (including phenoxy) is 2. The van der Waals surface area contributed by atoms with Crippen molar-refractivity contribution in [1.82, 2.24) is 4.98 Å². The van der Waals surface area contributed by atoms with Gasteiger partial charge in [0, 0.05) is 18.7 Å². The van der Waals surface area contributed by atoms with Gasteiger partial charge in [-0.3, -0.25) is 0 Å². The van der Waals surface area contributed by atoms with Gasteiger partial charge in [-0.15, -0.1) is 0 Å². The van der Waals surface area contributed by atoms with Crippen LogP contribution in [0.3, 0.4) is 0 Å². The number of rotatable bonds is 4. The summed E-state index contributed by atoms with van der Waals surface area (Å²) in [6.07, 6.45) is 3.41. The van der Waals surface area contributed by atoms with Crippen molar-refractivity contribution in [1.29, 1.82) is 0 Å². The van der Waals surface area contributed by atoms with Crippen molar-refractivity contribution in [2.24, 2.45) is 0 Å². The molecule has 6 heteroatoms. The van der Waals surface area contributed by atoms with E-state index in [2.05, 4.69) is 10.3 Å². The van der Waals surface area contributed by atoms with E-state index in [9.17, 15) is 9.59 Å². The number of cyclic esters (lactones) is 1. The molecule has 1 N–H and O–H groups in total. The standard InChI is InChI=1S/C13H14N2O4/c16-12(19-10-5-6-18-13(10)17)8-1-4-11(14-7-8)15-9-2-3-9/h1,4,7,9-10H,2-3,5-6H2,(H,14,15)/t10-/m1/s1. The summed E-state index contributed by atoms with van der Waals surface area (Å²) in [5.74, 6) is -0.276. The van der Waals surface area contributed by atoms with Crippen LogP contribution in [0, 0.1) is 0 Å². The molecule has 19 heavy (non-hydrogen) atoms. The summed E-state index contributed by atoms with van der Waals surface area (Å²) < 4.78 is 9.80. The van der Waals surface area contributed by atoms with E-state index in [1.807, 2.05) is 0 Å². The van der Waals surface area contributed by atoms with Gasteiger partial charge in [0.1, 0.15) is 5.82 Å². The molecule has 0 amide bonds. The molecule has 2 aliphatic rings. The summed E-state index contributed by atoms with van der Waals surface area (Å²) in [7, 11) is 0. The molecule has 2 fully saturated rings. The molecule has 0 aromatic carbocycles. The Balaban J connectivity index is 1.60. The van der Waals surface area contributed by atoms with Crippen LogP contribution in [0.5, 0.6) is 0 Å². The fourth-order valence-corrected chi connectivity index (χ4v) is 1.82. The summed E-state index contributed by atoms with van der Waals surface area (Å²) in [4.78, 5) is 27.1. The number of hydrogen-bond acceptors (Lipinski definition) is 6. The van der Waals surface area contributed by atoms with Crippen molar-refractivity contribution >= 4 is 17.8 Å². The monoisotopic (exact) mass is 262 g/mol. The third-order valence-electron chi connectivity index (χ3n) is 3.07. The predicted octanol–water partition coefficient (Wildman–Crippen LogP) is 1.13. The second-order valence-corrected chi connectivity index (χ2v) is 4.70. The maximum absolute atomic E-state index is 11.8. The molecule has 1 saturated carbocycles. The van der Waals surface area contributed by atoms with Crippen LogP contribution >= 0.6 is 0 Å². The Bertz CT molecular complexity index is 496. The number of aromatic nitrogens is 1. The van der Waals surface area contributed by atoms with Crippen LogP contribution in [0.25, 0.3) is 0 Å². The molecule has 1 saturated heterocycles. The van der Waals surface area contributed by atoms with E-state index < -0.39 is 18.0 Å². The number of nitrogens with zero attached hydrogens (tertiary/aromatic N) is 1. The number of anilines is 1. The van der Waals surface area contributed by atoms with E-state index in [0.29, 0.717) is 24.6 Å². The number of hydrogen-bond donors (Lipinski definition) is 1. The molecular weight excluding hydrogens is 248 g/mol.